The summed E-state index contributed by atoms with van der Waals surface area (Å²) in [6.07, 6.45) is 1.11. The van der Waals surface area contributed by atoms with Crippen LogP contribution in [0.3, 0.4) is 0 Å². The maximum Gasteiger partial charge on any atom is 0.229 e. The topological polar surface area (TPSA) is 70.0 Å². The average Bonchev–Trinajstić information content (AvgIpc) is 2.37. The van der Waals surface area contributed by atoms with Gasteiger partial charge in [0.25, 0.3) is 0 Å². The van der Waals surface area contributed by atoms with Gasteiger partial charge in [0.15, 0.2) is 0 Å². The van der Waals surface area contributed by atoms with Crippen molar-refractivity contribution in [3.8, 4) is 17.2 Å². The molecule has 0 atom stereocenters. The van der Waals surface area contributed by atoms with Crippen molar-refractivity contribution in [3.05, 3.63) is 53.6 Å². The van der Waals surface area contributed by atoms with Crippen LogP contribution in [-0.2, 0) is 10.0 Å². The molecule has 20 heavy (non-hydrogen) atoms. The average molecular weight is 286 g/mol. The number of nitriles is 1. The van der Waals surface area contributed by atoms with E-state index in [1.807, 2.05) is 25.1 Å². The molecule has 0 aromatic heterocycles. The van der Waals surface area contributed by atoms with Crippen LogP contribution in [0.15, 0.2) is 42.5 Å². The summed E-state index contributed by atoms with van der Waals surface area (Å²) < 4.78 is 24.7. The van der Waals surface area contributed by atoms with E-state index >= 15 is 0 Å². The van der Waals surface area contributed by atoms with Crippen LogP contribution in [-0.4, -0.2) is 14.7 Å². The smallest absolute Gasteiger partial charge is 0.229 e. The summed E-state index contributed by atoms with van der Waals surface area (Å²) in [5.41, 5.74) is 3.78. The third kappa shape index (κ3) is 3.16. The highest BCUT2D eigenvalue weighted by atomic mass is 32.2. The third-order valence-corrected chi connectivity index (χ3v) is 3.49. The lowest BCUT2D eigenvalue weighted by molar-refractivity contribution is 0.607. The number of benzene rings is 2. The number of nitrogens with one attached hydrogen (secondary N) is 1. The molecule has 0 spiro atoms. The number of anilines is 1. The summed E-state index contributed by atoms with van der Waals surface area (Å²) >= 11 is 0. The van der Waals surface area contributed by atoms with E-state index in [1.54, 1.807) is 24.3 Å². The van der Waals surface area contributed by atoms with Gasteiger partial charge in [-0.3, -0.25) is 4.72 Å². The van der Waals surface area contributed by atoms with Crippen molar-refractivity contribution in [2.45, 2.75) is 6.92 Å². The number of aryl methyl sites for hydroxylation is 1. The molecule has 0 radical (unpaired) electrons. The van der Waals surface area contributed by atoms with Crippen molar-refractivity contribution in [1.82, 2.24) is 0 Å². The van der Waals surface area contributed by atoms with E-state index in [9.17, 15) is 13.7 Å². The summed E-state index contributed by atoms with van der Waals surface area (Å²) in [5.74, 6) is 0. The maximum atomic E-state index is 11.1. The predicted molar refractivity (Wildman–Crippen MR) is 79.8 cm³/mol. The number of rotatable bonds is 3. The van der Waals surface area contributed by atoms with E-state index < -0.39 is 10.0 Å². The lowest BCUT2D eigenvalue weighted by Crippen LogP contribution is -2.09. The van der Waals surface area contributed by atoms with Crippen LogP contribution in [0.5, 0.6) is 0 Å². The molecule has 2 rings (SSSR count). The van der Waals surface area contributed by atoms with E-state index in [2.05, 4.69) is 10.8 Å². The van der Waals surface area contributed by atoms with Crippen LogP contribution in [0, 0.1) is 18.3 Å². The fourth-order valence-electron chi connectivity index (χ4n) is 1.99. The minimum atomic E-state index is -3.28. The Morgan fingerprint density at radius 3 is 2.30 bits per heavy atom. The number of nitrogens with zero attached hydrogens (tertiary/aromatic N) is 1. The largest absolute Gasteiger partial charge is 0.284 e. The molecular weight excluding hydrogens is 272 g/mol. The van der Waals surface area contributed by atoms with E-state index in [1.165, 1.54) is 0 Å². The fourth-order valence-corrected chi connectivity index (χ4v) is 2.55. The van der Waals surface area contributed by atoms with Crippen molar-refractivity contribution in [3.63, 3.8) is 0 Å². The molecule has 0 amide bonds. The maximum absolute atomic E-state index is 11.1. The van der Waals surface area contributed by atoms with Gasteiger partial charge in [0, 0.05) is 5.69 Å². The van der Waals surface area contributed by atoms with Crippen LogP contribution in [0.4, 0.5) is 5.69 Å². The predicted octanol–water partition coefficient (Wildman–Crippen LogP) is 2.91. The molecule has 0 aliphatic rings. The standard InChI is InChI=1S/C15H14N2O2S/c1-11-4-3-5-14(15(11)10-16)12-6-8-13(9-7-12)17-20(2,18)19/h3-9,17H,1-2H3. The highest BCUT2D eigenvalue weighted by Gasteiger charge is 2.08. The summed E-state index contributed by atoms with van der Waals surface area (Å²) in [7, 11) is -3.28. The molecule has 0 heterocycles. The summed E-state index contributed by atoms with van der Waals surface area (Å²) in [5, 5.41) is 9.23. The fraction of sp³-hybridized carbons (Fsp3) is 0.133. The molecule has 4 nitrogen and oxygen atoms in total. The molecule has 5 heteroatoms. The monoisotopic (exact) mass is 286 g/mol. The zero-order chi connectivity index (χ0) is 14.8. The van der Waals surface area contributed by atoms with Gasteiger partial charge in [0.05, 0.1) is 11.8 Å². The SMILES string of the molecule is Cc1cccc(-c2ccc(NS(C)(=O)=O)cc2)c1C#N. The Balaban J connectivity index is 2.41. The molecular formula is C15H14N2O2S. The van der Waals surface area contributed by atoms with Gasteiger partial charge in [0.2, 0.25) is 10.0 Å². The quantitative estimate of drug-likeness (QED) is 0.943. The Labute approximate surface area is 118 Å². The second kappa shape index (κ2) is 5.35. The van der Waals surface area contributed by atoms with Crippen molar-refractivity contribution in [1.29, 1.82) is 5.26 Å². The lowest BCUT2D eigenvalue weighted by atomic mass is 9.97. The number of hydrogen-bond donors (Lipinski definition) is 1. The van der Waals surface area contributed by atoms with Gasteiger partial charge in [0.1, 0.15) is 6.07 Å². The van der Waals surface area contributed by atoms with Gasteiger partial charge < -0.3 is 0 Å². The second-order valence-electron chi connectivity index (χ2n) is 4.56. The molecule has 0 saturated carbocycles. The Bertz CT molecular complexity index is 773. The van der Waals surface area contributed by atoms with Crippen molar-refractivity contribution in [2.24, 2.45) is 0 Å². The van der Waals surface area contributed by atoms with E-state index in [-0.39, 0.29) is 0 Å². The summed E-state index contributed by atoms with van der Waals surface area (Å²) in [6.45, 7) is 1.89. The molecule has 0 aliphatic heterocycles. The summed E-state index contributed by atoms with van der Waals surface area (Å²) in [4.78, 5) is 0. The van der Waals surface area contributed by atoms with Crippen LogP contribution >= 0.6 is 0 Å². The Hall–Kier alpha value is -2.32. The minimum Gasteiger partial charge on any atom is -0.284 e. The molecule has 2 aromatic carbocycles. The highest BCUT2D eigenvalue weighted by Crippen LogP contribution is 2.26. The van der Waals surface area contributed by atoms with Crippen molar-refractivity contribution < 1.29 is 8.42 Å². The molecule has 2 aromatic rings. The Morgan fingerprint density at radius 2 is 1.75 bits per heavy atom. The van der Waals surface area contributed by atoms with Gasteiger partial charge in [-0.05, 0) is 35.7 Å². The molecule has 0 aliphatic carbocycles. The van der Waals surface area contributed by atoms with Crippen LogP contribution < -0.4 is 4.72 Å². The third-order valence-electron chi connectivity index (χ3n) is 2.88. The highest BCUT2D eigenvalue weighted by molar-refractivity contribution is 7.92. The van der Waals surface area contributed by atoms with Gasteiger partial charge in [-0.25, -0.2) is 8.42 Å². The lowest BCUT2D eigenvalue weighted by Gasteiger charge is -2.08. The summed E-state index contributed by atoms with van der Waals surface area (Å²) in [6, 6.07) is 14.8. The molecule has 102 valence electrons. The minimum absolute atomic E-state index is 0.502. The second-order valence-corrected chi connectivity index (χ2v) is 6.31. The Morgan fingerprint density at radius 1 is 1.10 bits per heavy atom. The van der Waals surface area contributed by atoms with Crippen LogP contribution in [0.25, 0.3) is 11.1 Å². The van der Waals surface area contributed by atoms with Crippen molar-refractivity contribution >= 4 is 15.7 Å². The van der Waals surface area contributed by atoms with Gasteiger partial charge >= 0.3 is 0 Å². The first-order valence-corrected chi connectivity index (χ1v) is 7.88. The number of sulfonamides is 1. The number of hydrogen-bond acceptors (Lipinski definition) is 3. The zero-order valence-electron chi connectivity index (χ0n) is 11.2. The van der Waals surface area contributed by atoms with Crippen molar-refractivity contribution in [2.75, 3.05) is 11.0 Å². The van der Waals surface area contributed by atoms with Crippen LogP contribution in [0.2, 0.25) is 0 Å². The molecule has 0 unspecified atom stereocenters. The van der Waals surface area contributed by atoms with Crippen LogP contribution in [0.1, 0.15) is 11.1 Å². The first kappa shape index (κ1) is 14.1. The van der Waals surface area contributed by atoms with E-state index in [0.29, 0.717) is 11.3 Å². The Kier molecular flexibility index (Phi) is 3.77. The first-order valence-electron chi connectivity index (χ1n) is 5.98. The molecule has 1 N–H and O–H groups in total. The molecule has 0 saturated heterocycles. The molecule has 0 fully saturated rings. The normalized spacial score (nSPS) is 10.8. The van der Waals surface area contributed by atoms with E-state index in [4.69, 9.17) is 0 Å². The van der Waals surface area contributed by atoms with Gasteiger partial charge in [-0.1, -0.05) is 30.3 Å². The van der Waals surface area contributed by atoms with E-state index in [0.717, 1.165) is 22.9 Å². The van der Waals surface area contributed by atoms with Gasteiger partial charge in [-0.2, -0.15) is 5.26 Å². The molecule has 0 bridgehead atoms. The zero-order valence-corrected chi connectivity index (χ0v) is 12.0. The van der Waals surface area contributed by atoms with Gasteiger partial charge in [-0.15, -0.1) is 0 Å². The first-order chi connectivity index (χ1) is 9.40.